The summed E-state index contributed by atoms with van der Waals surface area (Å²) in [5.41, 5.74) is 3.20. The van der Waals surface area contributed by atoms with Gasteiger partial charge in [0.05, 0.1) is 17.7 Å². The summed E-state index contributed by atoms with van der Waals surface area (Å²) in [7, 11) is 1.48. The fourth-order valence-electron chi connectivity index (χ4n) is 4.72. The third-order valence-electron chi connectivity index (χ3n) is 6.85. The summed E-state index contributed by atoms with van der Waals surface area (Å²) in [6, 6.07) is 17.2. The van der Waals surface area contributed by atoms with Crippen molar-refractivity contribution in [3.63, 3.8) is 0 Å². The zero-order chi connectivity index (χ0) is 27.9. The maximum absolute atomic E-state index is 14.1. The molecule has 1 aliphatic heterocycles. The number of carbonyl (C=O) groups excluding carboxylic acids is 3. The van der Waals surface area contributed by atoms with Crippen LogP contribution in [0.3, 0.4) is 0 Å². The molecule has 39 heavy (non-hydrogen) atoms. The number of likely N-dealkylation sites (tertiary alicyclic amines) is 1. The molecule has 3 amide bonds. The molecule has 0 radical (unpaired) electrons. The van der Waals surface area contributed by atoms with E-state index < -0.39 is 0 Å². The second kappa shape index (κ2) is 12.8. The van der Waals surface area contributed by atoms with Gasteiger partial charge in [0.2, 0.25) is 11.8 Å². The first-order valence-corrected chi connectivity index (χ1v) is 13.2. The van der Waals surface area contributed by atoms with Crippen LogP contribution in [0.5, 0.6) is 5.75 Å². The second-order valence-electron chi connectivity index (χ2n) is 9.57. The fraction of sp³-hybridized carbons (Fsp3) is 0.300. The van der Waals surface area contributed by atoms with Crippen LogP contribution in [0.15, 0.2) is 60.7 Å². The molecule has 3 aromatic rings. The van der Waals surface area contributed by atoms with Crippen LogP contribution in [-0.2, 0) is 16.0 Å². The molecule has 9 heteroatoms. The molecular weight excluding hydrogens is 521 g/mol. The van der Waals surface area contributed by atoms with Crippen molar-refractivity contribution in [1.29, 1.82) is 0 Å². The standard InChI is InChI=1S/C30H31ClFN3O4/c1-19(36)33-24-9-11-27(31)26(17-24)30(38)35-15-13-21(14-16-35)20-3-7-23(8-4-20)34-29(37)12-6-22-5-10-25(39-2)18-28(22)32/h3-5,7-11,17-18,21H,6,12-16H2,1-2H3,(H,33,36)(H,34,37). The molecule has 0 saturated carbocycles. The van der Waals surface area contributed by atoms with Gasteiger partial charge in [0, 0.05) is 43.9 Å². The highest BCUT2D eigenvalue weighted by molar-refractivity contribution is 6.34. The molecule has 0 spiro atoms. The number of rotatable bonds is 8. The molecule has 1 aliphatic rings. The number of hydrogen-bond acceptors (Lipinski definition) is 4. The molecule has 1 heterocycles. The lowest BCUT2D eigenvalue weighted by Crippen LogP contribution is -2.38. The van der Waals surface area contributed by atoms with Crippen LogP contribution in [0, 0.1) is 5.82 Å². The highest BCUT2D eigenvalue weighted by atomic mass is 35.5. The average Bonchev–Trinajstić information content (AvgIpc) is 2.93. The van der Waals surface area contributed by atoms with E-state index in [1.807, 2.05) is 24.3 Å². The summed E-state index contributed by atoms with van der Waals surface area (Å²) in [5, 5.41) is 5.90. The molecule has 0 aromatic heterocycles. The zero-order valence-electron chi connectivity index (χ0n) is 21.9. The van der Waals surface area contributed by atoms with Gasteiger partial charge in [-0.25, -0.2) is 4.39 Å². The Morgan fingerprint density at radius 2 is 1.67 bits per heavy atom. The van der Waals surface area contributed by atoms with E-state index in [2.05, 4.69) is 10.6 Å². The summed E-state index contributed by atoms with van der Waals surface area (Å²) < 4.78 is 19.1. The van der Waals surface area contributed by atoms with Gasteiger partial charge in [-0.3, -0.25) is 14.4 Å². The van der Waals surface area contributed by atoms with Gasteiger partial charge in [-0.15, -0.1) is 0 Å². The molecule has 0 aliphatic carbocycles. The molecule has 0 atom stereocenters. The Labute approximate surface area is 232 Å². The SMILES string of the molecule is COc1ccc(CCC(=O)Nc2ccc(C3CCN(C(=O)c4cc(NC(C)=O)ccc4Cl)CC3)cc2)c(F)c1. The highest BCUT2D eigenvalue weighted by Gasteiger charge is 2.26. The Kier molecular flexibility index (Phi) is 9.19. The number of amides is 3. The van der Waals surface area contributed by atoms with Crippen LogP contribution in [0.4, 0.5) is 15.8 Å². The number of methoxy groups -OCH3 is 1. The van der Waals surface area contributed by atoms with E-state index in [1.54, 1.807) is 35.2 Å². The summed E-state index contributed by atoms with van der Waals surface area (Å²) in [6.07, 6.45) is 2.05. The lowest BCUT2D eigenvalue weighted by Gasteiger charge is -2.32. The number of aryl methyl sites for hydroxylation is 1. The number of anilines is 2. The maximum atomic E-state index is 14.1. The number of hydrogen-bond donors (Lipinski definition) is 2. The first-order valence-electron chi connectivity index (χ1n) is 12.8. The van der Waals surface area contributed by atoms with Crippen LogP contribution < -0.4 is 15.4 Å². The van der Waals surface area contributed by atoms with Crippen LogP contribution in [0.25, 0.3) is 0 Å². The average molecular weight is 552 g/mol. The molecule has 1 saturated heterocycles. The predicted molar refractivity (Wildman–Crippen MR) is 150 cm³/mol. The first-order chi connectivity index (χ1) is 18.7. The Balaban J connectivity index is 1.28. The predicted octanol–water partition coefficient (Wildman–Crippen LogP) is 6.04. The molecule has 1 fully saturated rings. The number of piperidine rings is 1. The van der Waals surface area contributed by atoms with Crippen molar-refractivity contribution in [1.82, 2.24) is 4.90 Å². The molecule has 2 N–H and O–H groups in total. The van der Waals surface area contributed by atoms with E-state index in [9.17, 15) is 18.8 Å². The summed E-state index contributed by atoms with van der Waals surface area (Å²) >= 11 is 6.28. The van der Waals surface area contributed by atoms with E-state index in [4.69, 9.17) is 16.3 Å². The third kappa shape index (κ3) is 7.35. The molecule has 3 aromatic carbocycles. The van der Waals surface area contributed by atoms with Crippen LogP contribution in [-0.4, -0.2) is 42.8 Å². The van der Waals surface area contributed by atoms with Gasteiger partial charge < -0.3 is 20.3 Å². The van der Waals surface area contributed by atoms with E-state index in [0.29, 0.717) is 52.8 Å². The van der Waals surface area contributed by atoms with Crippen molar-refractivity contribution in [2.45, 2.75) is 38.5 Å². The Hall–Kier alpha value is -3.91. The number of nitrogens with zero attached hydrogens (tertiary/aromatic N) is 1. The van der Waals surface area contributed by atoms with E-state index >= 15 is 0 Å². The van der Waals surface area contributed by atoms with Crippen molar-refractivity contribution in [2.75, 3.05) is 30.8 Å². The molecule has 0 bridgehead atoms. The topological polar surface area (TPSA) is 87.7 Å². The second-order valence-corrected chi connectivity index (χ2v) is 9.98. The van der Waals surface area contributed by atoms with Gasteiger partial charge in [-0.2, -0.15) is 0 Å². The number of benzene rings is 3. The van der Waals surface area contributed by atoms with E-state index in [-0.39, 0.29) is 35.9 Å². The van der Waals surface area contributed by atoms with Crippen LogP contribution >= 0.6 is 11.6 Å². The van der Waals surface area contributed by atoms with Crippen molar-refractivity contribution in [3.05, 3.63) is 88.2 Å². The molecule has 0 unspecified atom stereocenters. The summed E-state index contributed by atoms with van der Waals surface area (Å²) in [6.45, 7) is 2.59. The largest absolute Gasteiger partial charge is 0.497 e. The van der Waals surface area contributed by atoms with Crippen molar-refractivity contribution in [3.8, 4) is 5.75 Å². The Morgan fingerprint density at radius 3 is 2.31 bits per heavy atom. The molecule has 7 nitrogen and oxygen atoms in total. The fourth-order valence-corrected chi connectivity index (χ4v) is 4.92. The van der Waals surface area contributed by atoms with Gasteiger partial charge in [0.25, 0.3) is 5.91 Å². The third-order valence-corrected chi connectivity index (χ3v) is 7.18. The maximum Gasteiger partial charge on any atom is 0.255 e. The minimum atomic E-state index is -0.388. The molecule has 204 valence electrons. The van der Waals surface area contributed by atoms with Gasteiger partial charge in [0.15, 0.2) is 0 Å². The van der Waals surface area contributed by atoms with Gasteiger partial charge in [0.1, 0.15) is 11.6 Å². The number of halogens is 2. The smallest absolute Gasteiger partial charge is 0.255 e. The Morgan fingerprint density at radius 1 is 0.974 bits per heavy atom. The Bertz CT molecular complexity index is 1350. The minimum Gasteiger partial charge on any atom is -0.497 e. The molecular formula is C30H31ClFN3O4. The lowest BCUT2D eigenvalue weighted by atomic mass is 9.89. The van der Waals surface area contributed by atoms with Crippen LogP contribution in [0.1, 0.15) is 53.6 Å². The lowest BCUT2D eigenvalue weighted by molar-refractivity contribution is -0.116. The zero-order valence-corrected chi connectivity index (χ0v) is 22.7. The first kappa shape index (κ1) is 28.1. The quantitative estimate of drug-likeness (QED) is 0.357. The number of ether oxygens (including phenoxy) is 1. The van der Waals surface area contributed by atoms with Crippen LogP contribution in [0.2, 0.25) is 5.02 Å². The van der Waals surface area contributed by atoms with Gasteiger partial charge >= 0.3 is 0 Å². The normalized spacial score (nSPS) is 13.6. The van der Waals surface area contributed by atoms with E-state index in [1.165, 1.54) is 20.1 Å². The summed E-state index contributed by atoms with van der Waals surface area (Å²) in [5.74, 6) is -0.217. The highest BCUT2D eigenvalue weighted by Crippen LogP contribution is 2.31. The minimum absolute atomic E-state index is 0.154. The van der Waals surface area contributed by atoms with Crippen molar-refractivity contribution < 1.29 is 23.5 Å². The summed E-state index contributed by atoms with van der Waals surface area (Å²) in [4.78, 5) is 38.6. The van der Waals surface area contributed by atoms with Crippen molar-refractivity contribution >= 4 is 40.7 Å². The van der Waals surface area contributed by atoms with Gasteiger partial charge in [-0.05, 0) is 72.7 Å². The van der Waals surface area contributed by atoms with Crippen molar-refractivity contribution in [2.24, 2.45) is 0 Å². The number of carbonyl (C=O) groups is 3. The monoisotopic (exact) mass is 551 g/mol. The molecule has 4 rings (SSSR count). The van der Waals surface area contributed by atoms with E-state index in [0.717, 1.165) is 18.4 Å². The van der Waals surface area contributed by atoms with Gasteiger partial charge in [-0.1, -0.05) is 29.8 Å². The number of nitrogens with one attached hydrogen (secondary N) is 2.